The van der Waals surface area contributed by atoms with Gasteiger partial charge in [0.2, 0.25) is 5.16 Å². The van der Waals surface area contributed by atoms with E-state index in [9.17, 15) is 4.39 Å². The molecule has 1 aromatic heterocycles. The number of benzene rings is 1. The first-order valence-electron chi connectivity index (χ1n) is 4.93. The Kier molecular flexibility index (Phi) is 3.01. The molecule has 18 heavy (non-hydrogen) atoms. The maximum absolute atomic E-state index is 13.5. The zero-order valence-corrected chi connectivity index (χ0v) is 11.1. The molecule has 8 heteroatoms. The van der Waals surface area contributed by atoms with Crippen molar-refractivity contribution in [1.82, 2.24) is 14.9 Å². The van der Waals surface area contributed by atoms with Crippen LogP contribution in [0.2, 0.25) is 10.0 Å². The van der Waals surface area contributed by atoms with Gasteiger partial charge in [-0.2, -0.15) is 9.78 Å². The van der Waals surface area contributed by atoms with Crippen LogP contribution in [0.4, 0.5) is 4.39 Å². The first-order valence-corrected chi connectivity index (χ1v) is 6.67. The second-order valence-corrected chi connectivity index (χ2v) is 5.27. The van der Waals surface area contributed by atoms with Gasteiger partial charge in [0.1, 0.15) is 5.82 Å². The van der Waals surface area contributed by atoms with Gasteiger partial charge >= 0.3 is 0 Å². The van der Waals surface area contributed by atoms with Crippen LogP contribution in [0.25, 0.3) is 11.4 Å². The van der Waals surface area contributed by atoms with Crippen molar-refractivity contribution in [2.75, 3.05) is 5.75 Å². The van der Waals surface area contributed by atoms with Crippen LogP contribution in [-0.4, -0.2) is 26.8 Å². The van der Waals surface area contributed by atoms with Crippen molar-refractivity contribution in [2.24, 2.45) is 5.10 Å². The van der Waals surface area contributed by atoms with Gasteiger partial charge in [-0.1, -0.05) is 35.0 Å². The molecule has 0 amide bonds. The highest BCUT2D eigenvalue weighted by Crippen LogP contribution is 2.33. The van der Waals surface area contributed by atoms with Gasteiger partial charge in [0.25, 0.3) is 0 Å². The number of halogens is 3. The molecular formula is C10H5Cl2FN4S. The van der Waals surface area contributed by atoms with E-state index in [1.807, 2.05) is 0 Å². The molecule has 92 valence electrons. The fourth-order valence-corrected chi connectivity index (χ4v) is 2.66. The highest BCUT2D eigenvalue weighted by Gasteiger charge is 2.19. The van der Waals surface area contributed by atoms with E-state index in [4.69, 9.17) is 23.2 Å². The fraction of sp³-hybridized carbons (Fsp3) is 0.100. The first kappa shape index (κ1) is 12.0. The largest absolute Gasteiger partial charge is 0.212 e. The van der Waals surface area contributed by atoms with Crippen LogP contribution in [0, 0.1) is 5.82 Å². The molecule has 0 atom stereocenters. The Balaban J connectivity index is 2.19. The lowest BCUT2D eigenvalue weighted by Gasteiger charge is -2.08. The molecular weight excluding hydrogens is 298 g/mol. The summed E-state index contributed by atoms with van der Waals surface area (Å²) in [6.45, 7) is 0. The Morgan fingerprint density at radius 1 is 1.22 bits per heavy atom. The third kappa shape index (κ3) is 1.90. The highest BCUT2D eigenvalue weighted by molar-refractivity contribution is 7.99. The van der Waals surface area contributed by atoms with Crippen molar-refractivity contribution >= 4 is 41.2 Å². The third-order valence-corrected chi connectivity index (χ3v) is 3.78. The Labute approximate surface area is 116 Å². The molecule has 0 unspecified atom stereocenters. The van der Waals surface area contributed by atoms with Gasteiger partial charge in [0, 0.05) is 17.5 Å². The summed E-state index contributed by atoms with van der Waals surface area (Å²) < 4.78 is 15.0. The van der Waals surface area contributed by atoms with Crippen LogP contribution in [0.3, 0.4) is 0 Å². The lowest BCUT2D eigenvalue weighted by atomic mass is 10.2. The van der Waals surface area contributed by atoms with Crippen LogP contribution < -0.4 is 0 Å². The number of rotatable bonds is 1. The molecule has 0 fully saturated rings. The van der Waals surface area contributed by atoms with E-state index in [0.29, 0.717) is 21.6 Å². The van der Waals surface area contributed by atoms with Crippen LogP contribution >= 0.6 is 35.0 Å². The molecule has 0 radical (unpaired) electrons. The number of hydrogen-bond donors (Lipinski definition) is 0. The average Bonchev–Trinajstić information content (AvgIpc) is 2.78. The number of fused-ring (bicyclic) bond motifs is 1. The predicted molar refractivity (Wildman–Crippen MR) is 70.1 cm³/mol. The summed E-state index contributed by atoms with van der Waals surface area (Å²) in [6.07, 6.45) is 1.73. The smallest absolute Gasteiger partial charge is 0.205 e. The lowest BCUT2D eigenvalue weighted by Crippen LogP contribution is -2.02. The molecule has 0 aliphatic carbocycles. The van der Waals surface area contributed by atoms with Gasteiger partial charge in [0.05, 0.1) is 10.0 Å². The molecule has 3 rings (SSSR count). The van der Waals surface area contributed by atoms with E-state index in [1.165, 1.54) is 28.6 Å². The zero-order valence-electron chi connectivity index (χ0n) is 8.77. The summed E-state index contributed by atoms with van der Waals surface area (Å²) in [5, 5.41) is 13.0. The SMILES string of the molecule is Fc1cc(-c2nnc3n2N=CCS3)c(Cl)cc1Cl. The molecule has 2 heterocycles. The second kappa shape index (κ2) is 4.53. The molecule has 0 spiro atoms. The second-order valence-electron chi connectivity index (χ2n) is 3.47. The molecule has 0 saturated heterocycles. The summed E-state index contributed by atoms with van der Waals surface area (Å²) in [5.74, 6) is 0.579. The maximum atomic E-state index is 13.5. The molecule has 1 aliphatic heterocycles. The summed E-state index contributed by atoms with van der Waals surface area (Å²) in [5.41, 5.74) is 0.414. The Morgan fingerprint density at radius 2 is 2.06 bits per heavy atom. The van der Waals surface area contributed by atoms with Crippen LogP contribution in [0.15, 0.2) is 22.4 Å². The molecule has 1 aromatic carbocycles. The van der Waals surface area contributed by atoms with Crippen LogP contribution in [-0.2, 0) is 0 Å². The summed E-state index contributed by atoms with van der Waals surface area (Å²) in [6, 6.07) is 2.58. The Bertz CT molecular complexity index is 656. The number of thioether (sulfide) groups is 1. The van der Waals surface area contributed by atoms with Crippen molar-refractivity contribution in [3.05, 3.63) is 28.0 Å². The fourth-order valence-electron chi connectivity index (χ4n) is 1.55. The Hall–Kier alpha value is -1.11. The minimum atomic E-state index is -0.555. The predicted octanol–water partition coefficient (Wildman–Crippen LogP) is 3.33. The standard InChI is InChI=1S/C10H5Cl2FN4S/c11-6-4-7(12)8(13)3-5(6)9-15-16-10-17(9)14-1-2-18-10/h1,3-4H,2H2. The summed E-state index contributed by atoms with van der Waals surface area (Å²) in [4.78, 5) is 0. The van der Waals surface area contributed by atoms with Gasteiger partial charge in [-0.3, -0.25) is 0 Å². The monoisotopic (exact) mass is 302 g/mol. The van der Waals surface area contributed by atoms with E-state index >= 15 is 0 Å². The molecule has 1 aliphatic rings. The third-order valence-electron chi connectivity index (χ3n) is 2.35. The molecule has 4 nitrogen and oxygen atoms in total. The number of aromatic nitrogens is 3. The number of hydrogen-bond acceptors (Lipinski definition) is 4. The highest BCUT2D eigenvalue weighted by atomic mass is 35.5. The van der Waals surface area contributed by atoms with Gasteiger partial charge in [-0.25, -0.2) is 4.39 Å². The summed E-state index contributed by atoms with van der Waals surface area (Å²) >= 11 is 13.2. The quantitative estimate of drug-likeness (QED) is 0.759. The van der Waals surface area contributed by atoms with Crippen molar-refractivity contribution in [2.45, 2.75) is 5.16 Å². The number of nitrogens with zero attached hydrogens (tertiary/aromatic N) is 4. The van der Waals surface area contributed by atoms with E-state index < -0.39 is 5.82 Å². The average molecular weight is 303 g/mol. The maximum Gasteiger partial charge on any atom is 0.212 e. The topological polar surface area (TPSA) is 43.1 Å². The van der Waals surface area contributed by atoms with Crippen molar-refractivity contribution in [3.63, 3.8) is 0 Å². The van der Waals surface area contributed by atoms with E-state index in [-0.39, 0.29) is 5.02 Å². The van der Waals surface area contributed by atoms with Gasteiger partial charge in [0.15, 0.2) is 5.82 Å². The van der Waals surface area contributed by atoms with E-state index in [2.05, 4.69) is 15.3 Å². The van der Waals surface area contributed by atoms with E-state index in [0.717, 1.165) is 5.75 Å². The normalized spacial score (nSPS) is 13.7. The van der Waals surface area contributed by atoms with Crippen LogP contribution in [0.5, 0.6) is 0 Å². The van der Waals surface area contributed by atoms with Gasteiger partial charge in [-0.15, -0.1) is 10.2 Å². The van der Waals surface area contributed by atoms with Crippen LogP contribution in [0.1, 0.15) is 0 Å². The van der Waals surface area contributed by atoms with Crippen molar-refractivity contribution in [1.29, 1.82) is 0 Å². The van der Waals surface area contributed by atoms with Gasteiger partial charge < -0.3 is 0 Å². The van der Waals surface area contributed by atoms with Gasteiger partial charge in [-0.05, 0) is 12.1 Å². The molecule has 0 bridgehead atoms. The lowest BCUT2D eigenvalue weighted by molar-refractivity contribution is 0.628. The minimum absolute atomic E-state index is 0.0278. The Morgan fingerprint density at radius 3 is 2.89 bits per heavy atom. The van der Waals surface area contributed by atoms with Crippen molar-refractivity contribution in [3.8, 4) is 11.4 Å². The molecule has 0 N–H and O–H groups in total. The minimum Gasteiger partial charge on any atom is -0.205 e. The molecule has 2 aromatic rings. The van der Waals surface area contributed by atoms with Crippen molar-refractivity contribution < 1.29 is 4.39 Å². The summed E-state index contributed by atoms with van der Waals surface area (Å²) in [7, 11) is 0. The first-order chi connectivity index (χ1) is 8.66. The zero-order chi connectivity index (χ0) is 12.7. The van der Waals surface area contributed by atoms with E-state index in [1.54, 1.807) is 6.21 Å². The molecule has 0 saturated carbocycles.